The molecule has 0 saturated heterocycles. The quantitative estimate of drug-likeness (QED) is 0.631. The summed E-state index contributed by atoms with van der Waals surface area (Å²) in [6.45, 7) is 0.978. The number of nitrogens with zero attached hydrogens (tertiary/aromatic N) is 1. The van der Waals surface area contributed by atoms with Crippen LogP contribution < -0.4 is 5.32 Å². The first-order chi connectivity index (χ1) is 7.84. The van der Waals surface area contributed by atoms with E-state index in [0.29, 0.717) is 5.15 Å². The zero-order valence-electron chi connectivity index (χ0n) is 9.38. The second kappa shape index (κ2) is 5.90. The zero-order chi connectivity index (χ0) is 11.2. The molecule has 86 valence electrons. The van der Waals surface area contributed by atoms with Crippen LogP contribution in [0.3, 0.4) is 0 Å². The molecule has 0 saturated carbocycles. The summed E-state index contributed by atoms with van der Waals surface area (Å²) in [5.41, 5.74) is 2.65. The van der Waals surface area contributed by atoms with Crippen molar-refractivity contribution < 1.29 is 0 Å². The Hall–Kier alpha value is -1.02. The number of halogens is 1. The molecule has 1 aromatic rings. The third-order valence-electron chi connectivity index (χ3n) is 2.89. The molecule has 3 heteroatoms. The van der Waals surface area contributed by atoms with Gasteiger partial charge in [0.2, 0.25) is 0 Å². The molecule has 1 heterocycles. The molecular formula is C13H17ClN2. The average Bonchev–Trinajstić information content (AvgIpc) is 2.30. The second-order valence-corrected chi connectivity index (χ2v) is 4.54. The van der Waals surface area contributed by atoms with E-state index >= 15 is 0 Å². The summed E-state index contributed by atoms with van der Waals surface area (Å²) in [6, 6.07) is 3.80. The van der Waals surface area contributed by atoms with E-state index in [0.717, 1.165) is 18.7 Å². The first-order valence-electron chi connectivity index (χ1n) is 5.88. The van der Waals surface area contributed by atoms with Gasteiger partial charge in [0.15, 0.2) is 0 Å². The van der Waals surface area contributed by atoms with Gasteiger partial charge in [-0.25, -0.2) is 4.98 Å². The summed E-state index contributed by atoms with van der Waals surface area (Å²) in [5.74, 6) is 0. The molecule has 0 spiro atoms. The van der Waals surface area contributed by atoms with Crippen LogP contribution in [0.4, 0.5) is 5.69 Å². The zero-order valence-corrected chi connectivity index (χ0v) is 10.1. The smallest absolute Gasteiger partial charge is 0.131 e. The molecule has 0 bridgehead atoms. The first-order valence-corrected chi connectivity index (χ1v) is 6.26. The van der Waals surface area contributed by atoms with Gasteiger partial charge >= 0.3 is 0 Å². The lowest BCUT2D eigenvalue weighted by Gasteiger charge is -2.13. The number of pyridine rings is 1. The van der Waals surface area contributed by atoms with Crippen LogP contribution in [0.5, 0.6) is 0 Å². The van der Waals surface area contributed by atoms with E-state index in [9.17, 15) is 0 Å². The third-order valence-corrected chi connectivity index (χ3v) is 3.09. The Balaban J connectivity index is 1.77. The van der Waals surface area contributed by atoms with Gasteiger partial charge in [-0.3, -0.25) is 0 Å². The molecule has 0 aliphatic heterocycles. The topological polar surface area (TPSA) is 24.9 Å². The largest absolute Gasteiger partial charge is 0.385 e. The van der Waals surface area contributed by atoms with Gasteiger partial charge in [0.1, 0.15) is 5.15 Å². The number of hydrogen-bond acceptors (Lipinski definition) is 2. The molecule has 0 aromatic carbocycles. The van der Waals surface area contributed by atoms with Crippen molar-refractivity contribution in [3.8, 4) is 0 Å². The van der Waals surface area contributed by atoms with Gasteiger partial charge in [0, 0.05) is 18.4 Å². The van der Waals surface area contributed by atoms with Gasteiger partial charge < -0.3 is 5.32 Å². The number of rotatable bonds is 4. The van der Waals surface area contributed by atoms with Crippen molar-refractivity contribution in [2.24, 2.45) is 0 Å². The van der Waals surface area contributed by atoms with Crippen LogP contribution in [0.2, 0.25) is 5.15 Å². The molecule has 0 radical (unpaired) electrons. The van der Waals surface area contributed by atoms with E-state index in [1.54, 1.807) is 11.8 Å². The summed E-state index contributed by atoms with van der Waals surface area (Å²) < 4.78 is 0. The highest BCUT2D eigenvalue weighted by Crippen LogP contribution is 2.20. The molecule has 1 N–H and O–H groups in total. The molecule has 2 rings (SSSR count). The molecule has 0 atom stereocenters. The molecule has 1 aromatic heterocycles. The number of nitrogens with one attached hydrogen (secondary N) is 1. The third kappa shape index (κ3) is 3.53. The van der Waals surface area contributed by atoms with Gasteiger partial charge in [-0.1, -0.05) is 23.3 Å². The van der Waals surface area contributed by atoms with Gasteiger partial charge in [-0.2, -0.15) is 0 Å². The molecule has 1 aliphatic rings. The highest BCUT2D eigenvalue weighted by molar-refractivity contribution is 6.29. The molecule has 1 aliphatic carbocycles. The van der Waals surface area contributed by atoms with Crippen LogP contribution in [0.1, 0.15) is 32.1 Å². The minimum atomic E-state index is 0.543. The van der Waals surface area contributed by atoms with Crippen LogP contribution in [-0.4, -0.2) is 11.5 Å². The van der Waals surface area contributed by atoms with Gasteiger partial charge in [0.05, 0.1) is 0 Å². The van der Waals surface area contributed by atoms with E-state index in [4.69, 9.17) is 11.6 Å². The molecule has 0 fully saturated rings. The van der Waals surface area contributed by atoms with E-state index in [2.05, 4.69) is 16.4 Å². The van der Waals surface area contributed by atoms with Crippen molar-refractivity contribution >= 4 is 17.3 Å². The van der Waals surface area contributed by atoms with Crippen LogP contribution in [0, 0.1) is 0 Å². The van der Waals surface area contributed by atoms with E-state index in [1.165, 1.54) is 25.7 Å². The standard InChI is InChI=1S/C13H17ClN2/c14-13-10-12(7-9-16-13)15-8-6-11-4-2-1-3-5-11/h4,7,9-10H,1-3,5-6,8H2,(H,15,16). The maximum absolute atomic E-state index is 5.81. The highest BCUT2D eigenvalue weighted by atomic mass is 35.5. The molecule has 0 amide bonds. The Labute approximate surface area is 102 Å². The Kier molecular flexibility index (Phi) is 4.23. The van der Waals surface area contributed by atoms with Crippen molar-refractivity contribution in [1.29, 1.82) is 0 Å². The van der Waals surface area contributed by atoms with E-state index in [1.807, 2.05) is 12.1 Å². The number of aromatic nitrogens is 1. The Morgan fingerprint density at radius 2 is 2.31 bits per heavy atom. The summed E-state index contributed by atoms with van der Waals surface area (Å²) in [6.07, 6.45) is 10.5. The fraction of sp³-hybridized carbons (Fsp3) is 0.462. The number of hydrogen-bond donors (Lipinski definition) is 1. The predicted octanol–water partition coefficient (Wildman–Crippen LogP) is 4.04. The molecule has 0 unspecified atom stereocenters. The van der Waals surface area contributed by atoms with Crippen LogP contribution in [0.15, 0.2) is 30.0 Å². The Bertz CT molecular complexity index is 374. The SMILES string of the molecule is Clc1cc(NCCC2=CCCCC2)ccn1. The van der Waals surface area contributed by atoms with Crippen molar-refractivity contribution in [3.05, 3.63) is 35.1 Å². The normalized spacial score (nSPS) is 15.7. The summed E-state index contributed by atoms with van der Waals surface area (Å²) in [4.78, 5) is 3.95. The minimum absolute atomic E-state index is 0.543. The Morgan fingerprint density at radius 1 is 1.38 bits per heavy atom. The van der Waals surface area contributed by atoms with Crippen LogP contribution in [0.25, 0.3) is 0 Å². The summed E-state index contributed by atoms with van der Waals surface area (Å²) in [5, 5.41) is 3.91. The van der Waals surface area contributed by atoms with Crippen molar-refractivity contribution in [1.82, 2.24) is 4.98 Å². The molecule has 16 heavy (non-hydrogen) atoms. The summed E-state index contributed by atoms with van der Waals surface area (Å²) >= 11 is 5.81. The average molecular weight is 237 g/mol. The predicted molar refractivity (Wildman–Crippen MR) is 68.9 cm³/mol. The first kappa shape index (κ1) is 11.5. The highest BCUT2D eigenvalue weighted by Gasteiger charge is 2.03. The van der Waals surface area contributed by atoms with Gasteiger partial charge in [-0.15, -0.1) is 0 Å². The van der Waals surface area contributed by atoms with E-state index in [-0.39, 0.29) is 0 Å². The fourth-order valence-corrected chi connectivity index (χ4v) is 2.19. The lowest BCUT2D eigenvalue weighted by Crippen LogP contribution is -2.04. The van der Waals surface area contributed by atoms with Gasteiger partial charge in [-0.05, 0) is 44.2 Å². The molecule has 2 nitrogen and oxygen atoms in total. The number of anilines is 1. The van der Waals surface area contributed by atoms with Crippen molar-refractivity contribution in [2.75, 3.05) is 11.9 Å². The van der Waals surface area contributed by atoms with Crippen LogP contribution in [-0.2, 0) is 0 Å². The van der Waals surface area contributed by atoms with E-state index < -0.39 is 0 Å². The second-order valence-electron chi connectivity index (χ2n) is 4.15. The van der Waals surface area contributed by atoms with Crippen molar-refractivity contribution in [2.45, 2.75) is 32.1 Å². The molecular weight excluding hydrogens is 220 g/mol. The number of allylic oxidation sites excluding steroid dienone is 1. The lowest BCUT2D eigenvalue weighted by molar-refractivity contribution is 0.679. The maximum atomic E-state index is 5.81. The lowest BCUT2D eigenvalue weighted by atomic mass is 9.97. The monoisotopic (exact) mass is 236 g/mol. The van der Waals surface area contributed by atoms with Crippen molar-refractivity contribution in [3.63, 3.8) is 0 Å². The van der Waals surface area contributed by atoms with Gasteiger partial charge in [0.25, 0.3) is 0 Å². The maximum Gasteiger partial charge on any atom is 0.131 e. The Morgan fingerprint density at radius 3 is 3.06 bits per heavy atom. The van der Waals surface area contributed by atoms with Crippen LogP contribution >= 0.6 is 11.6 Å². The minimum Gasteiger partial charge on any atom is -0.385 e. The summed E-state index contributed by atoms with van der Waals surface area (Å²) in [7, 11) is 0. The fourth-order valence-electron chi connectivity index (χ4n) is 2.01.